The van der Waals surface area contributed by atoms with Crippen molar-refractivity contribution in [2.24, 2.45) is 5.92 Å². The Hall–Kier alpha value is -3.92. The minimum Gasteiger partial charge on any atom is -0.495 e. The Kier molecular flexibility index (Phi) is 9.42. The Labute approximate surface area is 234 Å². The van der Waals surface area contributed by atoms with Gasteiger partial charge in [-0.15, -0.1) is 0 Å². The molecule has 0 atom stereocenters. The topological polar surface area (TPSA) is 93.2 Å². The van der Waals surface area contributed by atoms with Crippen molar-refractivity contribution in [2.75, 3.05) is 31.1 Å². The van der Waals surface area contributed by atoms with Crippen LogP contribution in [0.15, 0.2) is 77.7 Å². The second-order valence-electron chi connectivity index (χ2n) is 9.54. The molecule has 0 spiro atoms. The van der Waals surface area contributed by atoms with Gasteiger partial charge in [-0.05, 0) is 67.3 Å². The average molecular weight is 569 g/mol. The Bertz CT molecular complexity index is 1440. The molecule has 1 aliphatic heterocycles. The van der Waals surface area contributed by atoms with E-state index in [2.05, 4.69) is 0 Å². The van der Waals surface area contributed by atoms with Crippen LogP contribution in [0.25, 0.3) is 0 Å². The van der Waals surface area contributed by atoms with Crippen molar-refractivity contribution in [1.29, 1.82) is 0 Å². The number of likely N-dealkylation sites (tertiary alicyclic amines) is 1. The highest BCUT2D eigenvalue weighted by atomic mass is 32.2. The van der Waals surface area contributed by atoms with Crippen molar-refractivity contribution in [2.45, 2.75) is 37.6 Å². The Balaban J connectivity index is 1.53. The highest BCUT2D eigenvalue weighted by molar-refractivity contribution is 7.92. The van der Waals surface area contributed by atoms with Crippen molar-refractivity contribution >= 4 is 27.6 Å². The standard InChI is InChI=1S/C30H33FN2O6S/c1-3-39-30(35)24-15-17-32(18-16-24)29(34)20-22-11-13-26(14-12-22)33(21-23-7-6-8-25(31)19-23)40(36,37)28-10-5-4-9-27(28)38-2/h4-14,19,24H,3,15-18,20-21H2,1-2H3. The number of esters is 1. The van der Waals surface area contributed by atoms with Gasteiger partial charge in [0.2, 0.25) is 5.91 Å². The number of rotatable bonds is 10. The van der Waals surface area contributed by atoms with E-state index >= 15 is 0 Å². The maximum absolute atomic E-state index is 13.9. The number of piperidine rings is 1. The third-order valence-electron chi connectivity index (χ3n) is 6.90. The van der Waals surface area contributed by atoms with E-state index < -0.39 is 15.8 Å². The summed E-state index contributed by atoms with van der Waals surface area (Å²) in [5, 5.41) is 0. The van der Waals surface area contributed by atoms with Crippen LogP contribution in [0.2, 0.25) is 0 Å². The minimum absolute atomic E-state index is 0.0145. The number of carbonyl (C=O) groups excluding carboxylic acids is 2. The van der Waals surface area contributed by atoms with Crippen LogP contribution < -0.4 is 9.04 Å². The first kappa shape index (κ1) is 29.1. The van der Waals surface area contributed by atoms with Crippen LogP contribution in [0.3, 0.4) is 0 Å². The number of para-hydroxylation sites is 1. The summed E-state index contributed by atoms with van der Waals surface area (Å²) in [6, 6.07) is 18.8. The van der Waals surface area contributed by atoms with Gasteiger partial charge >= 0.3 is 5.97 Å². The number of amides is 1. The number of anilines is 1. The van der Waals surface area contributed by atoms with E-state index in [4.69, 9.17) is 9.47 Å². The number of halogens is 1. The number of nitrogens with zero attached hydrogens (tertiary/aromatic N) is 2. The fourth-order valence-corrected chi connectivity index (χ4v) is 6.37. The molecule has 0 saturated carbocycles. The fourth-order valence-electron chi connectivity index (χ4n) is 4.76. The van der Waals surface area contributed by atoms with Gasteiger partial charge in [0.05, 0.1) is 38.3 Å². The minimum atomic E-state index is -4.10. The van der Waals surface area contributed by atoms with Crippen LogP contribution in [-0.4, -0.2) is 52.0 Å². The zero-order chi connectivity index (χ0) is 28.7. The zero-order valence-corrected chi connectivity index (χ0v) is 23.4. The molecular formula is C30H33FN2O6S. The smallest absolute Gasteiger partial charge is 0.309 e. The van der Waals surface area contributed by atoms with Crippen molar-refractivity contribution in [1.82, 2.24) is 4.90 Å². The third kappa shape index (κ3) is 6.80. The number of carbonyl (C=O) groups is 2. The molecule has 212 valence electrons. The summed E-state index contributed by atoms with van der Waals surface area (Å²) in [5.74, 6) is -0.727. The highest BCUT2D eigenvalue weighted by Crippen LogP contribution is 2.31. The van der Waals surface area contributed by atoms with Gasteiger partial charge in [0.25, 0.3) is 10.0 Å². The lowest BCUT2D eigenvalue weighted by Gasteiger charge is -2.31. The number of hydrogen-bond acceptors (Lipinski definition) is 6. The van der Waals surface area contributed by atoms with Gasteiger partial charge in [0.15, 0.2) is 0 Å². The monoisotopic (exact) mass is 568 g/mol. The van der Waals surface area contributed by atoms with E-state index in [0.29, 0.717) is 43.8 Å². The van der Waals surface area contributed by atoms with Crippen molar-refractivity contribution < 1.29 is 31.9 Å². The zero-order valence-electron chi connectivity index (χ0n) is 22.6. The first-order valence-corrected chi connectivity index (χ1v) is 14.6. The van der Waals surface area contributed by atoms with Crippen LogP contribution in [0.4, 0.5) is 10.1 Å². The fraction of sp³-hybridized carbons (Fsp3) is 0.333. The Morgan fingerprint density at radius 2 is 1.68 bits per heavy atom. The van der Waals surface area contributed by atoms with Gasteiger partial charge in [0.1, 0.15) is 16.5 Å². The molecule has 1 saturated heterocycles. The number of ether oxygens (including phenoxy) is 2. The van der Waals surface area contributed by atoms with Gasteiger partial charge in [0, 0.05) is 13.1 Å². The molecule has 40 heavy (non-hydrogen) atoms. The molecule has 0 aromatic heterocycles. The van der Waals surface area contributed by atoms with E-state index in [1.165, 1.54) is 35.7 Å². The molecule has 1 aliphatic rings. The van der Waals surface area contributed by atoms with Gasteiger partial charge in [-0.3, -0.25) is 13.9 Å². The second kappa shape index (κ2) is 13.0. The molecule has 10 heteroatoms. The van der Waals surface area contributed by atoms with Gasteiger partial charge < -0.3 is 14.4 Å². The van der Waals surface area contributed by atoms with E-state index in [1.807, 2.05) is 0 Å². The van der Waals surface area contributed by atoms with E-state index in [1.54, 1.807) is 60.4 Å². The van der Waals surface area contributed by atoms with Gasteiger partial charge in [-0.1, -0.05) is 36.4 Å². The predicted molar refractivity (Wildman–Crippen MR) is 149 cm³/mol. The number of sulfonamides is 1. The molecule has 8 nitrogen and oxygen atoms in total. The lowest BCUT2D eigenvalue weighted by atomic mass is 9.96. The van der Waals surface area contributed by atoms with Crippen molar-refractivity contribution in [3.63, 3.8) is 0 Å². The Morgan fingerprint density at radius 1 is 0.975 bits per heavy atom. The summed E-state index contributed by atoms with van der Waals surface area (Å²) < 4.78 is 53.2. The third-order valence-corrected chi connectivity index (χ3v) is 8.71. The largest absolute Gasteiger partial charge is 0.495 e. The van der Waals surface area contributed by atoms with Crippen LogP contribution >= 0.6 is 0 Å². The average Bonchev–Trinajstić information content (AvgIpc) is 2.96. The molecule has 0 aliphatic carbocycles. The normalized spacial score (nSPS) is 14.0. The van der Waals surface area contributed by atoms with Crippen molar-refractivity contribution in [3.8, 4) is 5.75 Å². The molecule has 0 radical (unpaired) electrons. The summed E-state index contributed by atoms with van der Waals surface area (Å²) in [7, 11) is -2.71. The summed E-state index contributed by atoms with van der Waals surface area (Å²) >= 11 is 0. The molecule has 3 aromatic rings. The number of benzene rings is 3. The van der Waals surface area contributed by atoms with E-state index in [0.717, 1.165) is 5.56 Å². The maximum atomic E-state index is 13.9. The molecular weight excluding hydrogens is 535 g/mol. The number of methoxy groups -OCH3 is 1. The molecule has 0 unspecified atom stereocenters. The first-order chi connectivity index (χ1) is 19.2. The first-order valence-electron chi connectivity index (χ1n) is 13.2. The Morgan fingerprint density at radius 3 is 2.33 bits per heavy atom. The predicted octanol–water partition coefficient (Wildman–Crippen LogP) is 4.57. The highest BCUT2D eigenvalue weighted by Gasteiger charge is 2.30. The molecule has 0 bridgehead atoms. The van der Waals surface area contributed by atoms with Gasteiger partial charge in [-0.2, -0.15) is 0 Å². The summed E-state index contributed by atoms with van der Waals surface area (Å²) in [5.41, 5.74) is 1.56. The molecule has 1 heterocycles. The lowest BCUT2D eigenvalue weighted by molar-refractivity contribution is -0.151. The molecule has 4 rings (SSSR count). The number of hydrogen-bond donors (Lipinski definition) is 0. The lowest BCUT2D eigenvalue weighted by Crippen LogP contribution is -2.41. The van der Waals surface area contributed by atoms with Crippen LogP contribution in [0, 0.1) is 11.7 Å². The van der Waals surface area contributed by atoms with Crippen LogP contribution in [0.1, 0.15) is 30.9 Å². The van der Waals surface area contributed by atoms with Crippen molar-refractivity contribution in [3.05, 3.63) is 89.7 Å². The molecule has 3 aromatic carbocycles. The SMILES string of the molecule is CCOC(=O)C1CCN(C(=O)Cc2ccc(N(Cc3cccc(F)c3)S(=O)(=O)c3ccccc3OC)cc2)CC1. The molecule has 0 N–H and O–H groups in total. The second-order valence-corrected chi connectivity index (χ2v) is 11.4. The van der Waals surface area contributed by atoms with E-state index in [9.17, 15) is 22.4 Å². The van der Waals surface area contributed by atoms with Crippen LogP contribution in [0.5, 0.6) is 5.75 Å². The van der Waals surface area contributed by atoms with Crippen LogP contribution in [-0.2, 0) is 37.3 Å². The summed E-state index contributed by atoms with van der Waals surface area (Å²) in [4.78, 5) is 26.6. The molecule has 1 amide bonds. The summed E-state index contributed by atoms with van der Waals surface area (Å²) in [6.07, 6.45) is 1.28. The van der Waals surface area contributed by atoms with Gasteiger partial charge in [-0.25, -0.2) is 12.8 Å². The van der Waals surface area contributed by atoms with E-state index in [-0.39, 0.29) is 41.4 Å². The summed E-state index contributed by atoms with van der Waals surface area (Å²) in [6.45, 7) is 2.98. The quantitative estimate of drug-likeness (QED) is 0.333. The molecule has 1 fully saturated rings. The maximum Gasteiger partial charge on any atom is 0.309 e.